The topological polar surface area (TPSA) is 156 Å². The van der Waals surface area contributed by atoms with Gasteiger partial charge in [0.1, 0.15) is 29.1 Å². The molecule has 0 radical (unpaired) electrons. The smallest absolute Gasteiger partial charge is 0.416 e. The Bertz CT molecular complexity index is 1250. The third kappa shape index (κ3) is 4.18. The minimum Gasteiger partial charge on any atom is -0.506 e. The number of aromatic nitrogens is 2. The van der Waals surface area contributed by atoms with Crippen LogP contribution >= 0.6 is 0 Å². The highest BCUT2D eigenvalue weighted by atomic mass is 19.4. The molecule has 168 valence electrons. The van der Waals surface area contributed by atoms with E-state index in [2.05, 4.69) is 4.98 Å². The summed E-state index contributed by atoms with van der Waals surface area (Å²) in [7, 11) is 0. The van der Waals surface area contributed by atoms with Gasteiger partial charge in [-0.15, -0.1) is 0 Å². The Kier molecular flexibility index (Phi) is 6.01. The van der Waals surface area contributed by atoms with E-state index in [4.69, 9.17) is 10.8 Å². The van der Waals surface area contributed by atoms with Gasteiger partial charge < -0.3 is 21.1 Å². The number of rotatable bonds is 6. The lowest BCUT2D eigenvalue weighted by atomic mass is 9.99. The van der Waals surface area contributed by atoms with Gasteiger partial charge in [0.15, 0.2) is 0 Å². The number of ketones is 1. The number of aliphatic carboxylic acids is 1. The van der Waals surface area contributed by atoms with Crippen molar-refractivity contribution < 1.29 is 38.1 Å². The quantitative estimate of drug-likeness (QED) is 0.407. The number of aliphatic hydroxyl groups excluding tert-OH is 1. The number of halogens is 3. The molecule has 12 heteroatoms. The first-order chi connectivity index (χ1) is 14.9. The van der Waals surface area contributed by atoms with Crippen LogP contribution in [0.1, 0.15) is 21.5 Å². The molecular formula is C20H16F3N3O6. The normalized spacial score (nSPS) is 13.7. The standard InChI is InChI=1S/C20H16F3N3O6/c21-20(22,23)10-5-3-9(4-6-10)8-26-17-11(2-1-7-25-17)14(27)12(18(26)30)15(28)16(29)13(24)19(31)32/h1-7,13,16,27,29H,8,24H2,(H,31,32)/t13-,16?/m0/s1. The highest BCUT2D eigenvalue weighted by Gasteiger charge is 2.34. The minimum atomic E-state index is -4.55. The Morgan fingerprint density at radius 1 is 1.16 bits per heavy atom. The SMILES string of the molecule is N[C@H](C(=O)O)C(O)C(=O)c1c(O)c2cccnc2n(Cc2ccc(C(F)(F)F)cc2)c1=O. The summed E-state index contributed by atoms with van der Waals surface area (Å²) in [5.41, 5.74) is 2.48. The van der Waals surface area contributed by atoms with E-state index in [-0.39, 0.29) is 23.1 Å². The molecule has 1 aromatic carbocycles. The number of aliphatic hydroxyl groups is 1. The van der Waals surface area contributed by atoms with E-state index in [0.29, 0.717) is 0 Å². The predicted octanol–water partition coefficient (Wildman–Crippen LogP) is 1.12. The average molecular weight is 451 g/mol. The summed E-state index contributed by atoms with van der Waals surface area (Å²) >= 11 is 0. The van der Waals surface area contributed by atoms with E-state index in [9.17, 15) is 37.8 Å². The maximum Gasteiger partial charge on any atom is 0.416 e. The van der Waals surface area contributed by atoms with Gasteiger partial charge in [-0.05, 0) is 29.8 Å². The van der Waals surface area contributed by atoms with E-state index in [1.54, 1.807) is 0 Å². The van der Waals surface area contributed by atoms with Crippen LogP contribution in [-0.2, 0) is 17.5 Å². The van der Waals surface area contributed by atoms with Crippen molar-refractivity contribution in [3.63, 3.8) is 0 Å². The van der Waals surface area contributed by atoms with Crippen LogP contribution in [0.15, 0.2) is 47.4 Å². The van der Waals surface area contributed by atoms with E-state index in [1.165, 1.54) is 18.3 Å². The van der Waals surface area contributed by atoms with Crippen molar-refractivity contribution in [2.24, 2.45) is 5.73 Å². The van der Waals surface area contributed by atoms with Crippen LogP contribution in [0.5, 0.6) is 5.75 Å². The van der Waals surface area contributed by atoms with E-state index >= 15 is 0 Å². The number of carboxylic acid groups (broad SMARTS) is 1. The number of carboxylic acids is 1. The number of alkyl halides is 3. The molecule has 2 atom stereocenters. The summed E-state index contributed by atoms with van der Waals surface area (Å²) < 4.78 is 39.3. The number of nitrogens with two attached hydrogens (primary N) is 1. The second-order valence-corrected chi connectivity index (χ2v) is 6.86. The molecule has 1 unspecified atom stereocenters. The van der Waals surface area contributed by atoms with Gasteiger partial charge in [-0.1, -0.05) is 12.1 Å². The molecule has 0 bridgehead atoms. The molecule has 32 heavy (non-hydrogen) atoms. The Labute approximate surface area is 177 Å². The monoisotopic (exact) mass is 451 g/mol. The number of benzene rings is 1. The molecule has 0 spiro atoms. The molecule has 0 saturated carbocycles. The Morgan fingerprint density at radius 2 is 1.78 bits per heavy atom. The number of hydrogen-bond acceptors (Lipinski definition) is 7. The van der Waals surface area contributed by atoms with Crippen molar-refractivity contribution in [3.05, 3.63) is 69.6 Å². The average Bonchev–Trinajstić information content (AvgIpc) is 2.75. The summed E-state index contributed by atoms with van der Waals surface area (Å²) in [6, 6.07) is 4.55. The molecule has 5 N–H and O–H groups in total. The van der Waals surface area contributed by atoms with Crippen LogP contribution in [0, 0.1) is 0 Å². The zero-order chi connectivity index (χ0) is 23.8. The Balaban J connectivity index is 2.15. The molecule has 0 amide bonds. The summed E-state index contributed by atoms with van der Waals surface area (Å²) in [6.45, 7) is -0.327. The molecule has 0 fully saturated rings. The van der Waals surface area contributed by atoms with Crippen molar-refractivity contribution >= 4 is 22.8 Å². The first kappa shape index (κ1) is 22.9. The van der Waals surface area contributed by atoms with E-state index in [1.807, 2.05) is 0 Å². The van der Waals surface area contributed by atoms with Crippen molar-refractivity contribution in [1.82, 2.24) is 9.55 Å². The van der Waals surface area contributed by atoms with E-state index < -0.39 is 52.5 Å². The number of hydrogen-bond donors (Lipinski definition) is 4. The predicted molar refractivity (Wildman–Crippen MR) is 104 cm³/mol. The maximum atomic E-state index is 13.0. The van der Waals surface area contributed by atoms with Crippen LogP contribution < -0.4 is 11.3 Å². The number of Topliss-reactive ketones (excluding diaryl/α,β-unsaturated/α-hetero) is 1. The summed E-state index contributed by atoms with van der Waals surface area (Å²) in [4.78, 5) is 40.6. The zero-order valence-electron chi connectivity index (χ0n) is 16.1. The second-order valence-electron chi connectivity index (χ2n) is 6.86. The maximum absolute atomic E-state index is 13.0. The van der Waals surface area contributed by atoms with Crippen molar-refractivity contribution in [3.8, 4) is 5.75 Å². The molecule has 9 nitrogen and oxygen atoms in total. The van der Waals surface area contributed by atoms with Crippen LogP contribution in [0.2, 0.25) is 0 Å². The molecule has 0 aliphatic heterocycles. The lowest BCUT2D eigenvalue weighted by Crippen LogP contribution is -2.47. The van der Waals surface area contributed by atoms with Crippen molar-refractivity contribution in [2.45, 2.75) is 24.9 Å². The van der Waals surface area contributed by atoms with Gasteiger partial charge >= 0.3 is 12.1 Å². The molecule has 3 rings (SSSR count). The number of pyridine rings is 2. The zero-order valence-corrected chi connectivity index (χ0v) is 16.1. The molecular weight excluding hydrogens is 435 g/mol. The van der Waals surface area contributed by atoms with Crippen LogP contribution in [0.4, 0.5) is 13.2 Å². The molecule has 3 aromatic rings. The molecule has 0 aliphatic carbocycles. The lowest BCUT2D eigenvalue weighted by Gasteiger charge is -2.17. The van der Waals surface area contributed by atoms with Crippen LogP contribution in [0.3, 0.4) is 0 Å². The van der Waals surface area contributed by atoms with Gasteiger partial charge in [-0.25, -0.2) is 4.98 Å². The third-order valence-corrected chi connectivity index (χ3v) is 4.76. The molecule has 2 aromatic heterocycles. The first-order valence-electron chi connectivity index (χ1n) is 9.00. The fourth-order valence-corrected chi connectivity index (χ4v) is 3.06. The molecule has 0 saturated heterocycles. The molecule has 2 heterocycles. The Morgan fingerprint density at radius 3 is 2.34 bits per heavy atom. The lowest BCUT2D eigenvalue weighted by molar-refractivity contribution is -0.140. The fraction of sp³-hybridized carbons (Fsp3) is 0.200. The Hall–Kier alpha value is -3.77. The number of carbonyl (C=O) groups excluding carboxylic acids is 1. The summed E-state index contributed by atoms with van der Waals surface area (Å²) in [5, 5.41) is 29.3. The summed E-state index contributed by atoms with van der Waals surface area (Å²) in [5.74, 6) is -3.96. The first-order valence-corrected chi connectivity index (χ1v) is 9.00. The van der Waals surface area contributed by atoms with Crippen molar-refractivity contribution in [2.75, 3.05) is 0 Å². The highest BCUT2D eigenvalue weighted by Crippen LogP contribution is 2.30. The van der Waals surface area contributed by atoms with Gasteiger partial charge in [-0.2, -0.15) is 13.2 Å². The minimum absolute atomic E-state index is 0.0709. The second kappa shape index (κ2) is 8.40. The number of aromatic hydroxyl groups is 1. The highest BCUT2D eigenvalue weighted by molar-refractivity contribution is 6.07. The van der Waals surface area contributed by atoms with Crippen LogP contribution in [-0.4, -0.2) is 48.8 Å². The number of carbonyl (C=O) groups is 2. The van der Waals surface area contributed by atoms with Gasteiger partial charge in [0.25, 0.3) is 5.56 Å². The van der Waals surface area contributed by atoms with E-state index in [0.717, 1.165) is 28.8 Å². The van der Waals surface area contributed by atoms with Gasteiger partial charge in [0, 0.05) is 6.20 Å². The fourth-order valence-electron chi connectivity index (χ4n) is 3.06. The van der Waals surface area contributed by atoms with Gasteiger partial charge in [0.05, 0.1) is 17.5 Å². The summed E-state index contributed by atoms with van der Waals surface area (Å²) in [6.07, 6.45) is -5.60. The van der Waals surface area contributed by atoms with Crippen molar-refractivity contribution in [1.29, 1.82) is 0 Å². The molecule has 0 aliphatic rings. The van der Waals surface area contributed by atoms with Crippen LogP contribution in [0.25, 0.3) is 11.0 Å². The van der Waals surface area contributed by atoms with Gasteiger partial charge in [0.2, 0.25) is 5.78 Å². The largest absolute Gasteiger partial charge is 0.506 e. The number of nitrogens with zero attached hydrogens (tertiary/aromatic N) is 2. The van der Waals surface area contributed by atoms with Gasteiger partial charge in [-0.3, -0.25) is 19.0 Å². The number of fused-ring (bicyclic) bond motifs is 1. The third-order valence-electron chi connectivity index (χ3n) is 4.76.